The number of carbonyl (C=O) groups is 2. The molecule has 2 aromatic carbocycles. The van der Waals surface area contributed by atoms with Gasteiger partial charge in [0, 0.05) is 5.69 Å². The summed E-state index contributed by atoms with van der Waals surface area (Å²) in [6, 6.07) is 15.5. The number of carbonyl (C=O) groups excluding carboxylic acids is 2. The van der Waals surface area contributed by atoms with E-state index in [0.29, 0.717) is 26.1 Å². The van der Waals surface area contributed by atoms with Crippen molar-refractivity contribution in [1.29, 1.82) is 0 Å². The molecule has 2 aromatic rings. The van der Waals surface area contributed by atoms with E-state index >= 15 is 0 Å². The van der Waals surface area contributed by atoms with Gasteiger partial charge >= 0.3 is 0 Å². The maximum absolute atomic E-state index is 12.6. The van der Waals surface area contributed by atoms with Crippen LogP contribution in [0, 0.1) is 0 Å². The number of nitrogens with one attached hydrogen (secondary N) is 2. The van der Waals surface area contributed by atoms with Gasteiger partial charge in [-0.05, 0) is 35.7 Å². The molecule has 1 fully saturated rings. The number of ether oxygens (including phenoxy) is 1. The smallest absolute Gasteiger partial charge is 0.279 e. The van der Waals surface area contributed by atoms with Gasteiger partial charge in [-0.3, -0.25) is 9.59 Å². The molecule has 1 heterocycles. The van der Waals surface area contributed by atoms with Crippen LogP contribution >= 0.6 is 0 Å². The molecule has 0 saturated carbocycles. The van der Waals surface area contributed by atoms with Crippen LogP contribution in [-0.2, 0) is 22.4 Å². The third kappa shape index (κ3) is 5.81. The summed E-state index contributed by atoms with van der Waals surface area (Å²) in [5.41, 5.74) is 2.99. The topological polar surface area (TPSA) is 63.1 Å². The Balaban J connectivity index is 1.46. The Labute approximate surface area is 172 Å². The van der Waals surface area contributed by atoms with E-state index in [1.54, 1.807) is 7.11 Å². The lowest BCUT2D eigenvalue weighted by Gasteiger charge is -2.32. The quantitative estimate of drug-likeness (QED) is 0.739. The number of benzene rings is 2. The maximum atomic E-state index is 12.6. The summed E-state index contributed by atoms with van der Waals surface area (Å²) >= 11 is 0. The van der Waals surface area contributed by atoms with E-state index in [0.717, 1.165) is 42.1 Å². The molecular weight excluding hydrogens is 366 g/mol. The van der Waals surface area contributed by atoms with Crippen molar-refractivity contribution < 1.29 is 19.2 Å². The van der Waals surface area contributed by atoms with Gasteiger partial charge in [0.15, 0.2) is 6.54 Å². The van der Waals surface area contributed by atoms with Crippen molar-refractivity contribution in [2.45, 2.75) is 19.8 Å². The highest BCUT2D eigenvalue weighted by molar-refractivity contribution is 5.92. The minimum Gasteiger partial charge on any atom is -0.497 e. The highest BCUT2D eigenvalue weighted by atomic mass is 16.5. The molecule has 154 valence electrons. The minimum atomic E-state index is 0.0251. The standard InChI is InChI=1S/C23H29N3O3/c1-3-19-8-4-5-10-21(19)24-22(27)17-25-11-13-26(14-12-25)23(28)16-18-7-6-9-20(15-18)29-2/h4-10,15H,3,11-14,16-17H2,1-2H3,(H,24,27)/p+1. The Morgan fingerprint density at radius 2 is 1.86 bits per heavy atom. The number of hydrogen-bond donors (Lipinski definition) is 2. The van der Waals surface area contributed by atoms with E-state index < -0.39 is 0 Å². The van der Waals surface area contributed by atoms with E-state index in [4.69, 9.17) is 4.74 Å². The molecule has 0 atom stereocenters. The fourth-order valence-electron chi connectivity index (χ4n) is 3.69. The molecule has 6 nitrogen and oxygen atoms in total. The van der Waals surface area contributed by atoms with E-state index in [9.17, 15) is 9.59 Å². The number of aryl methyl sites for hydroxylation is 1. The summed E-state index contributed by atoms with van der Waals surface area (Å²) in [5, 5.41) is 3.03. The molecule has 0 spiro atoms. The van der Waals surface area contributed by atoms with E-state index in [-0.39, 0.29) is 11.8 Å². The van der Waals surface area contributed by atoms with Gasteiger partial charge in [-0.15, -0.1) is 0 Å². The molecule has 1 saturated heterocycles. The van der Waals surface area contributed by atoms with Gasteiger partial charge in [-0.2, -0.15) is 0 Å². The first-order valence-corrected chi connectivity index (χ1v) is 10.2. The highest BCUT2D eigenvalue weighted by Crippen LogP contribution is 2.15. The van der Waals surface area contributed by atoms with Crippen LogP contribution in [0.25, 0.3) is 0 Å². The number of methoxy groups -OCH3 is 1. The fraction of sp³-hybridized carbons (Fsp3) is 0.391. The summed E-state index contributed by atoms with van der Waals surface area (Å²) in [5.74, 6) is 0.913. The molecule has 1 aliphatic rings. The number of amides is 2. The number of anilines is 1. The summed E-state index contributed by atoms with van der Waals surface area (Å²) < 4.78 is 5.22. The summed E-state index contributed by atoms with van der Waals surface area (Å²) in [7, 11) is 1.62. The Morgan fingerprint density at radius 1 is 1.10 bits per heavy atom. The average Bonchev–Trinajstić information content (AvgIpc) is 2.74. The van der Waals surface area contributed by atoms with Gasteiger partial charge in [0.1, 0.15) is 5.75 Å². The monoisotopic (exact) mass is 396 g/mol. The molecule has 0 aliphatic carbocycles. The van der Waals surface area contributed by atoms with Gasteiger partial charge in [-0.25, -0.2) is 0 Å². The van der Waals surface area contributed by atoms with Gasteiger partial charge in [0.25, 0.3) is 5.91 Å². The average molecular weight is 397 g/mol. The number of hydrogen-bond acceptors (Lipinski definition) is 3. The molecule has 29 heavy (non-hydrogen) atoms. The molecule has 0 unspecified atom stereocenters. The second-order valence-corrected chi connectivity index (χ2v) is 7.39. The Morgan fingerprint density at radius 3 is 2.59 bits per heavy atom. The van der Waals surface area contributed by atoms with Gasteiger partial charge in [0.05, 0.1) is 39.7 Å². The van der Waals surface area contributed by atoms with Crippen LogP contribution in [-0.4, -0.2) is 56.5 Å². The van der Waals surface area contributed by atoms with Crippen molar-refractivity contribution in [2.75, 3.05) is 45.2 Å². The molecule has 2 N–H and O–H groups in total. The second kappa shape index (κ2) is 10.1. The van der Waals surface area contributed by atoms with Crippen molar-refractivity contribution in [3.8, 4) is 5.75 Å². The third-order valence-electron chi connectivity index (χ3n) is 5.40. The van der Waals surface area contributed by atoms with E-state index in [1.807, 2.05) is 53.4 Å². The van der Waals surface area contributed by atoms with Crippen LogP contribution in [0.2, 0.25) is 0 Å². The van der Waals surface area contributed by atoms with Crippen molar-refractivity contribution in [3.63, 3.8) is 0 Å². The number of nitrogens with zero attached hydrogens (tertiary/aromatic N) is 1. The highest BCUT2D eigenvalue weighted by Gasteiger charge is 2.25. The molecule has 2 amide bonds. The zero-order valence-electron chi connectivity index (χ0n) is 17.2. The van der Waals surface area contributed by atoms with Crippen LogP contribution in [0.5, 0.6) is 5.75 Å². The number of para-hydroxylation sites is 1. The van der Waals surface area contributed by atoms with Gasteiger partial charge in [0.2, 0.25) is 5.91 Å². The lowest BCUT2D eigenvalue weighted by Crippen LogP contribution is -3.15. The van der Waals surface area contributed by atoms with Crippen molar-refractivity contribution in [2.24, 2.45) is 0 Å². The lowest BCUT2D eigenvalue weighted by molar-refractivity contribution is -0.895. The zero-order valence-corrected chi connectivity index (χ0v) is 17.2. The normalized spacial score (nSPS) is 14.5. The van der Waals surface area contributed by atoms with E-state index in [1.165, 1.54) is 4.90 Å². The molecule has 0 aromatic heterocycles. The summed E-state index contributed by atoms with van der Waals surface area (Å²) in [6.45, 7) is 5.43. The molecule has 1 aliphatic heterocycles. The van der Waals surface area contributed by atoms with Crippen LogP contribution < -0.4 is 15.0 Å². The number of quaternary nitrogens is 1. The van der Waals surface area contributed by atoms with Crippen LogP contribution in [0.3, 0.4) is 0 Å². The van der Waals surface area contributed by atoms with Gasteiger partial charge < -0.3 is 19.9 Å². The molecule has 6 heteroatoms. The minimum absolute atomic E-state index is 0.0251. The number of piperazine rings is 1. The first kappa shape index (κ1) is 20.9. The van der Waals surface area contributed by atoms with Crippen molar-refractivity contribution in [1.82, 2.24) is 4.90 Å². The first-order chi connectivity index (χ1) is 14.1. The molecular formula is C23H30N3O3+. The summed E-state index contributed by atoms with van der Waals surface area (Å²) in [6.07, 6.45) is 1.26. The molecule has 3 rings (SSSR count). The van der Waals surface area contributed by atoms with Gasteiger partial charge in [-0.1, -0.05) is 37.3 Å². The van der Waals surface area contributed by atoms with Crippen LogP contribution in [0.4, 0.5) is 5.69 Å². The summed E-state index contributed by atoms with van der Waals surface area (Å²) in [4.78, 5) is 28.2. The SMILES string of the molecule is CCc1ccccc1NC(=O)C[NH+]1CCN(C(=O)Cc2cccc(OC)c2)CC1. The van der Waals surface area contributed by atoms with Crippen molar-refractivity contribution >= 4 is 17.5 Å². The fourth-order valence-corrected chi connectivity index (χ4v) is 3.69. The van der Waals surface area contributed by atoms with E-state index in [2.05, 4.69) is 12.2 Å². The van der Waals surface area contributed by atoms with Crippen LogP contribution in [0.15, 0.2) is 48.5 Å². The van der Waals surface area contributed by atoms with Crippen molar-refractivity contribution in [3.05, 3.63) is 59.7 Å². The third-order valence-corrected chi connectivity index (χ3v) is 5.40. The molecule has 0 radical (unpaired) electrons. The lowest BCUT2D eigenvalue weighted by atomic mass is 10.1. The Kier molecular flexibility index (Phi) is 7.25. The first-order valence-electron chi connectivity index (χ1n) is 10.2. The maximum Gasteiger partial charge on any atom is 0.279 e. The predicted octanol–water partition coefficient (Wildman–Crippen LogP) is 1.17. The number of rotatable bonds is 7. The Hall–Kier alpha value is -2.86. The van der Waals surface area contributed by atoms with Crippen LogP contribution in [0.1, 0.15) is 18.1 Å². The predicted molar refractivity (Wildman–Crippen MR) is 113 cm³/mol. The molecule has 0 bridgehead atoms. The Bertz CT molecular complexity index is 845. The largest absolute Gasteiger partial charge is 0.497 e. The second-order valence-electron chi connectivity index (χ2n) is 7.39. The zero-order chi connectivity index (χ0) is 20.6.